The molecule has 0 atom stereocenters. The molecule has 2 N–H and O–H groups in total. The molecule has 0 fully saturated rings. The predicted molar refractivity (Wildman–Crippen MR) is 59.6 cm³/mol. The molecule has 0 aliphatic carbocycles. The first kappa shape index (κ1) is 9.55. The van der Waals surface area contributed by atoms with Crippen molar-refractivity contribution in [3.8, 4) is 0 Å². The van der Waals surface area contributed by atoms with Crippen LogP contribution in [0.5, 0.6) is 0 Å². The number of fused-ring (bicyclic) bond motifs is 1. The normalized spacial score (nSPS) is 10.7. The van der Waals surface area contributed by atoms with E-state index in [-0.39, 0.29) is 0 Å². The molecule has 5 heteroatoms. The van der Waals surface area contributed by atoms with Gasteiger partial charge in [0.2, 0.25) is 0 Å². The molecule has 1 heterocycles. The van der Waals surface area contributed by atoms with Gasteiger partial charge < -0.3 is 10.2 Å². The van der Waals surface area contributed by atoms with Crippen molar-refractivity contribution in [2.45, 2.75) is 0 Å². The quantitative estimate of drug-likeness (QED) is 0.593. The lowest BCUT2D eigenvalue weighted by Gasteiger charge is -2.02. The number of hydrogen-bond acceptors (Lipinski definition) is 3. The molecule has 2 rings (SSSR count). The maximum atomic E-state index is 11.0. The van der Waals surface area contributed by atoms with Crippen LogP contribution in [0, 0.1) is 0 Å². The Balaban J connectivity index is 3.01. The second-order valence-corrected chi connectivity index (χ2v) is 4.11. The average Bonchev–Trinajstić information content (AvgIpc) is 2.07. The van der Waals surface area contributed by atoms with Gasteiger partial charge in [0.05, 0.1) is 10.7 Å². The summed E-state index contributed by atoms with van der Waals surface area (Å²) in [6.45, 7) is 0. The number of anilines is 1. The SMILES string of the molecule is Nc1cc(Br)cc2c(Cl)cc(=O)oc12. The summed E-state index contributed by atoms with van der Waals surface area (Å²) in [6.07, 6.45) is 0. The van der Waals surface area contributed by atoms with Gasteiger partial charge in [0.1, 0.15) is 0 Å². The summed E-state index contributed by atoms with van der Waals surface area (Å²) in [5, 5.41) is 0.961. The van der Waals surface area contributed by atoms with E-state index >= 15 is 0 Å². The third kappa shape index (κ3) is 1.51. The second kappa shape index (κ2) is 3.29. The zero-order valence-corrected chi connectivity index (χ0v) is 9.22. The third-order valence-electron chi connectivity index (χ3n) is 1.79. The van der Waals surface area contributed by atoms with Gasteiger partial charge >= 0.3 is 5.63 Å². The minimum atomic E-state index is -0.503. The van der Waals surface area contributed by atoms with Gasteiger partial charge in [-0.15, -0.1) is 0 Å². The minimum Gasteiger partial charge on any atom is -0.420 e. The Kier molecular flexibility index (Phi) is 2.25. The Morgan fingerprint density at radius 3 is 2.79 bits per heavy atom. The van der Waals surface area contributed by atoms with Crippen molar-refractivity contribution >= 4 is 44.2 Å². The molecule has 1 aromatic carbocycles. The molecule has 0 amide bonds. The number of rotatable bonds is 0. The first-order valence-corrected chi connectivity index (χ1v) is 4.93. The van der Waals surface area contributed by atoms with Crippen molar-refractivity contribution in [3.05, 3.63) is 38.1 Å². The summed E-state index contributed by atoms with van der Waals surface area (Å²) >= 11 is 9.15. The van der Waals surface area contributed by atoms with Crippen LogP contribution in [0.15, 0.2) is 31.9 Å². The molecule has 0 bridgehead atoms. The Hall–Kier alpha value is -1.00. The standard InChI is InChI=1S/C9H5BrClNO2/c10-4-1-5-6(11)3-8(13)14-9(5)7(12)2-4/h1-3H,12H2. The topological polar surface area (TPSA) is 56.2 Å². The van der Waals surface area contributed by atoms with Crippen molar-refractivity contribution in [1.82, 2.24) is 0 Å². The summed E-state index contributed by atoms with van der Waals surface area (Å²) in [6, 6.07) is 4.62. The van der Waals surface area contributed by atoms with Crippen LogP contribution in [0.25, 0.3) is 11.0 Å². The third-order valence-corrected chi connectivity index (χ3v) is 2.56. The van der Waals surface area contributed by atoms with Crippen molar-refractivity contribution in [2.24, 2.45) is 0 Å². The van der Waals surface area contributed by atoms with Gasteiger partial charge in [-0.05, 0) is 12.1 Å². The summed E-state index contributed by atoms with van der Waals surface area (Å²) in [5.74, 6) is 0. The van der Waals surface area contributed by atoms with E-state index in [0.29, 0.717) is 21.7 Å². The van der Waals surface area contributed by atoms with E-state index < -0.39 is 5.63 Å². The zero-order valence-electron chi connectivity index (χ0n) is 6.88. The molecule has 0 aliphatic rings. The molecule has 2 aromatic rings. The maximum Gasteiger partial charge on any atom is 0.337 e. The monoisotopic (exact) mass is 273 g/mol. The Bertz CT molecular complexity index is 564. The van der Waals surface area contributed by atoms with Crippen LogP contribution in [0.3, 0.4) is 0 Å². The molecule has 0 saturated heterocycles. The van der Waals surface area contributed by atoms with Crippen LogP contribution in [0.2, 0.25) is 5.02 Å². The predicted octanol–water partition coefficient (Wildman–Crippen LogP) is 2.79. The molecular weight excluding hydrogens is 269 g/mol. The van der Waals surface area contributed by atoms with Crippen molar-refractivity contribution in [1.29, 1.82) is 0 Å². The number of nitrogens with two attached hydrogens (primary N) is 1. The molecule has 14 heavy (non-hydrogen) atoms. The number of halogens is 2. The summed E-state index contributed by atoms with van der Waals surface area (Å²) in [5.41, 5.74) is 5.88. The highest BCUT2D eigenvalue weighted by molar-refractivity contribution is 9.10. The fourth-order valence-electron chi connectivity index (χ4n) is 1.22. The van der Waals surface area contributed by atoms with Crippen LogP contribution >= 0.6 is 27.5 Å². The Morgan fingerprint density at radius 2 is 2.07 bits per heavy atom. The number of hydrogen-bond donors (Lipinski definition) is 1. The highest BCUT2D eigenvalue weighted by Gasteiger charge is 2.07. The molecule has 0 saturated carbocycles. The summed E-state index contributed by atoms with van der Waals surface area (Å²) in [4.78, 5) is 11.0. The van der Waals surface area contributed by atoms with Crippen molar-refractivity contribution < 1.29 is 4.42 Å². The maximum absolute atomic E-state index is 11.0. The van der Waals surface area contributed by atoms with E-state index in [1.54, 1.807) is 12.1 Å². The summed E-state index contributed by atoms with van der Waals surface area (Å²) in [7, 11) is 0. The highest BCUT2D eigenvalue weighted by Crippen LogP contribution is 2.29. The molecule has 0 radical (unpaired) electrons. The van der Waals surface area contributed by atoms with Gasteiger partial charge in [-0.2, -0.15) is 0 Å². The summed E-state index contributed by atoms with van der Waals surface area (Å²) < 4.78 is 5.73. The van der Waals surface area contributed by atoms with E-state index in [0.717, 1.165) is 4.47 Å². The number of benzene rings is 1. The highest BCUT2D eigenvalue weighted by atomic mass is 79.9. The van der Waals surface area contributed by atoms with Gasteiger partial charge in [-0.3, -0.25) is 0 Å². The van der Waals surface area contributed by atoms with Crippen molar-refractivity contribution in [3.63, 3.8) is 0 Å². The van der Waals surface area contributed by atoms with E-state index in [1.807, 2.05) is 0 Å². The van der Waals surface area contributed by atoms with Crippen LogP contribution in [-0.2, 0) is 0 Å². The Morgan fingerprint density at radius 1 is 1.36 bits per heavy atom. The van der Waals surface area contributed by atoms with E-state index in [2.05, 4.69) is 15.9 Å². The lowest BCUT2D eigenvalue weighted by atomic mass is 10.2. The smallest absolute Gasteiger partial charge is 0.337 e. The van der Waals surface area contributed by atoms with Gasteiger partial charge in [0, 0.05) is 15.9 Å². The molecule has 0 aliphatic heterocycles. The minimum absolute atomic E-state index is 0.325. The van der Waals surface area contributed by atoms with Crippen LogP contribution in [0.1, 0.15) is 0 Å². The molecule has 3 nitrogen and oxygen atoms in total. The van der Waals surface area contributed by atoms with Crippen LogP contribution in [-0.4, -0.2) is 0 Å². The molecule has 1 aromatic heterocycles. The lowest BCUT2D eigenvalue weighted by molar-refractivity contribution is 0.562. The van der Waals surface area contributed by atoms with Gasteiger partial charge in [0.15, 0.2) is 5.58 Å². The second-order valence-electron chi connectivity index (χ2n) is 2.79. The van der Waals surface area contributed by atoms with E-state index in [4.69, 9.17) is 21.8 Å². The molecule has 72 valence electrons. The van der Waals surface area contributed by atoms with Crippen LogP contribution in [0.4, 0.5) is 5.69 Å². The van der Waals surface area contributed by atoms with E-state index in [1.165, 1.54) is 6.07 Å². The van der Waals surface area contributed by atoms with Crippen LogP contribution < -0.4 is 11.4 Å². The Labute approximate surface area is 92.6 Å². The van der Waals surface area contributed by atoms with Gasteiger partial charge in [0.25, 0.3) is 0 Å². The lowest BCUT2D eigenvalue weighted by Crippen LogP contribution is -1.98. The fraction of sp³-hybridized carbons (Fsp3) is 0. The number of nitrogen functional groups attached to an aromatic ring is 1. The fourth-order valence-corrected chi connectivity index (χ4v) is 1.92. The first-order chi connectivity index (χ1) is 6.58. The van der Waals surface area contributed by atoms with Gasteiger partial charge in [-0.1, -0.05) is 27.5 Å². The van der Waals surface area contributed by atoms with Crippen molar-refractivity contribution in [2.75, 3.05) is 5.73 Å². The molecule has 0 spiro atoms. The largest absolute Gasteiger partial charge is 0.420 e. The zero-order chi connectivity index (χ0) is 10.3. The molecular formula is C9H5BrClNO2. The molecule has 0 unspecified atom stereocenters. The van der Waals surface area contributed by atoms with Gasteiger partial charge in [-0.25, -0.2) is 4.79 Å². The van der Waals surface area contributed by atoms with E-state index in [9.17, 15) is 4.79 Å². The first-order valence-electron chi connectivity index (χ1n) is 3.76. The average molecular weight is 275 g/mol.